The first kappa shape index (κ1) is 13.2. The molecule has 0 saturated carbocycles. The molecule has 1 aromatic carbocycles. The highest BCUT2D eigenvalue weighted by Gasteiger charge is 2.10. The van der Waals surface area contributed by atoms with Gasteiger partial charge in [0.1, 0.15) is 5.82 Å². The summed E-state index contributed by atoms with van der Waals surface area (Å²) in [6.45, 7) is 0. The Morgan fingerprint density at radius 3 is 2.89 bits per heavy atom. The van der Waals surface area contributed by atoms with Gasteiger partial charge in [-0.2, -0.15) is 5.10 Å². The quantitative estimate of drug-likeness (QED) is 0.942. The normalized spacial score (nSPS) is 12.7. The number of halogens is 2. The second-order valence-corrected chi connectivity index (χ2v) is 5.10. The van der Waals surface area contributed by atoms with Gasteiger partial charge in [0.2, 0.25) is 0 Å². The minimum atomic E-state index is -0.659. The van der Waals surface area contributed by atoms with Gasteiger partial charge in [0.05, 0.1) is 16.8 Å². The molecule has 96 valence electrons. The predicted molar refractivity (Wildman–Crippen MR) is 70.6 cm³/mol. The van der Waals surface area contributed by atoms with Gasteiger partial charge in [-0.1, -0.05) is 6.07 Å². The van der Waals surface area contributed by atoms with Crippen LogP contribution in [-0.4, -0.2) is 14.9 Å². The third-order valence-corrected chi connectivity index (χ3v) is 3.44. The number of aliphatic hydroxyl groups is 1. The molecule has 2 rings (SSSR count). The van der Waals surface area contributed by atoms with E-state index in [1.807, 2.05) is 13.2 Å². The Morgan fingerprint density at radius 2 is 2.28 bits per heavy atom. The number of aromatic nitrogens is 2. The summed E-state index contributed by atoms with van der Waals surface area (Å²) in [6.07, 6.45) is 4.29. The molecule has 0 radical (unpaired) electrons. The van der Waals surface area contributed by atoms with Crippen LogP contribution in [0, 0.1) is 5.82 Å². The van der Waals surface area contributed by atoms with Gasteiger partial charge in [0.15, 0.2) is 0 Å². The topological polar surface area (TPSA) is 38.0 Å². The van der Waals surface area contributed by atoms with E-state index in [-0.39, 0.29) is 5.82 Å². The summed E-state index contributed by atoms with van der Waals surface area (Å²) < 4.78 is 15.5. The second-order valence-electron chi connectivity index (χ2n) is 4.25. The van der Waals surface area contributed by atoms with E-state index >= 15 is 0 Å². The molecule has 1 N–H and O–H groups in total. The van der Waals surface area contributed by atoms with Crippen molar-refractivity contribution < 1.29 is 9.50 Å². The number of hydrogen-bond acceptors (Lipinski definition) is 2. The summed E-state index contributed by atoms with van der Waals surface area (Å²) >= 11 is 3.09. The summed E-state index contributed by atoms with van der Waals surface area (Å²) in [6, 6.07) is 4.69. The Bertz CT molecular complexity index is 542. The fourth-order valence-electron chi connectivity index (χ4n) is 1.79. The molecule has 1 aromatic heterocycles. The van der Waals surface area contributed by atoms with E-state index in [0.717, 1.165) is 5.56 Å². The van der Waals surface area contributed by atoms with Gasteiger partial charge in [0, 0.05) is 13.2 Å². The predicted octanol–water partition coefficient (Wildman–Crippen LogP) is 2.99. The zero-order valence-corrected chi connectivity index (χ0v) is 11.6. The summed E-state index contributed by atoms with van der Waals surface area (Å²) in [5.74, 6) is -0.354. The van der Waals surface area contributed by atoms with Crippen molar-refractivity contribution >= 4 is 15.9 Å². The first-order valence-electron chi connectivity index (χ1n) is 5.67. The maximum Gasteiger partial charge on any atom is 0.137 e. The van der Waals surface area contributed by atoms with E-state index in [4.69, 9.17) is 0 Å². The molecule has 3 nitrogen and oxygen atoms in total. The molecule has 1 atom stereocenters. The van der Waals surface area contributed by atoms with Gasteiger partial charge < -0.3 is 5.11 Å². The Morgan fingerprint density at radius 1 is 1.50 bits per heavy atom. The average Bonchev–Trinajstić information content (AvgIpc) is 2.75. The van der Waals surface area contributed by atoms with Crippen LogP contribution in [0.1, 0.15) is 23.7 Å². The van der Waals surface area contributed by atoms with Crippen molar-refractivity contribution in [1.29, 1.82) is 0 Å². The van der Waals surface area contributed by atoms with Crippen molar-refractivity contribution in [3.8, 4) is 0 Å². The molecule has 0 spiro atoms. The minimum Gasteiger partial charge on any atom is -0.388 e. The lowest BCUT2D eigenvalue weighted by atomic mass is 10.0. The lowest BCUT2D eigenvalue weighted by molar-refractivity contribution is 0.167. The van der Waals surface area contributed by atoms with Crippen LogP contribution in [0.25, 0.3) is 0 Å². The van der Waals surface area contributed by atoms with Gasteiger partial charge in [-0.05, 0) is 52.0 Å². The minimum absolute atomic E-state index is 0.354. The fraction of sp³-hybridized carbons (Fsp3) is 0.308. The Labute approximate surface area is 113 Å². The summed E-state index contributed by atoms with van der Waals surface area (Å²) in [7, 11) is 1.85. The molecule has 0 amide bonds. The maximum atomic E-state index is 13.3. The monoisotopic (exact) mass is 312 g/mol. The molecule has 0 aliphatic carbocycles. The SMILES string of the molecule is Cn1cc(CCC(O)c2ccc(Br)c(F)c2)cn1. The molecule has 0 saturated heterocycles. The Balaban J connectivity index is 1.99. The second kappa shape index (κ2) is 5.63. The first-order chi connectivity index (χ1) is 8.56. The number of rotatable bonds is 4. The van der Waals surface area contributed by atoms with Crippen LogP contribution in [0.4, 0.5) is 4.39 Å². The maximum absolute atomic E-state index is 13.3. The van der Waals surface area contributed by atoms with Crippen LogP contribution in [-0.2, 0) is 13.5 Å². The lowest BCUT2D eigenvalue weighted by Crippen LogP contribution is -2.00. The number of nitrogens with zero attached hydrogens (tertiary/aromatic N) is 2. The van der Waals surface area contributed by atoms with Crippen LogP contribution in [0.3, 0.4) is 0 Å². The average molecular weight is 313 g/mol. The number of benzene rings is 1. The van der Waals surface area contributed by atoms with E-state index < -0.39 is 6.10 Å². The molecule has 0 bridgehead atoms. The van der Waals surface area contributed by atoms with Gasteiger partial charge >= 0.3 is 0 Å². The standard InChI is InChI=1S/C13H14BrFN2O/c1-17-8-9(7-16-17)2-5-13(18)10-3-4-11(14)12(15)6-10/h3-4,6-8,13,18H,2,5H2,1H3. The molecule has 0 aliphatic rings. The molecule has 1 unspecified atom stereocenters. The summed E-state index contributed by atoms with van der Waals surface area (Å²) in [5, 5.41) is 14.1. The Hall–Kier alpha value is -1.20. The number of aryl methyl sites for hydroxylation is 2. The van der Waals surface area contributed by atoms with E-state index in [9.17, 15) is 9.50 Å². The fourth-order valence-corrected chi connectivity index (χ4v) is 2.04. The first-order valence-corrected chi connectivity index (χ1v) is 6.46. The lowest BCUT2D eigenvalue weighted by Gasteiger charge is -2.10. The van der Waals surface area contributed by atoms with Crippen LogP contribution in [0.5, 0.6) is 0 Å². The zero-order chi connectivity index (χ0) is 13.1. The Kier molecular flexibility index (Phi) is 4.14. The van der Waals surface area contributed by atoms with Gasteiger partial charge in [-0.15, -0.1) is 0 Å². The number of hydrogen-bond donors (Lipinski definition) is 1. The van der Waals surface area contributed by atoms with Crippen molar-refractivity contribution in [2.75, 3.05) is 0 Å². The third-order valence-electron chi connectivity index (χ3n) is 2.79. The van der Waals surface area contributed by atoms with E-state index in [0.29, 0.717) is 22.9 Å². The van der Waals surface area contributed by atoms with Gasteiger partial charge in [-0.3, -0.25) is 4.68 Å². The van der Waals surface area contributed by atoms with Crippen molar-refractivity contribution in [2.45, 2.75) is 18.9 Å². The van der Waals surface area contributed by atoms with E-state index in [2.05, 4.69) is 21.0 Å². The van der Waals surface area contributed by atoms with Crippen molar-refractivity contribution in [3.63, 3.8) is 0 Å². The molecular weight excluding hydrogens is 299 g/mol. The third kappa shape index (κ3) is 3.17. The van der Waals surface area contributed by atoms with Crippen LogP contribution < -0.4 is 0 Å². The molecule has 18 heavy (non-hydrogen) atoms. The highest BCUT2D eigenvalue weighted by Crippen LogP contribution is 2.23. The van der Waals surface area contributed by atoms with Gasteiger partial charge in [0.25, 0.3) is 0 Å². The van der Waals surface area contributed by atoms with Crippen molar-refractivity contribution in [1.82, 2.24) is 9.78 Å². The summed E-state index contributed by atoms with van der Waals surface area (Å²) in [4.78, 5) is 0. The molecule has 2 aromatic rings. The van der Waals surface area contributed by atoms with E-state index in [1.54, 1.807) is 23.0 Å². The number of aliphatic hydroxyl groups excluding tert-OH is 1. The van der Waals surface area contributed by atoms with Crippen LogP contribution >= 0.6 is 15.9 Å². The summed E-state index contributed by atoms with van der Waals surface area (Å²) in [5.41, 5.74) is 1.66. The molecule has 1 heterocycles. The zero-order valence-electron chi connectivity index (χ0n) is 9.98. The molecular formula is C13H14BrFN2O. The van der Waals surface area contributed by atoms with E-state index in [1.165, 1.54) is 6.07 Å². The van der Waals surface area contributed by atoms with Crippen LogP contribution in [0.2, 0.25) is 0 Å². The van der Waals surface area contributed by atoms with Gasteiger partial charge in [-0.25, -0.2) is 4.39 Å². The molecule has 5 heteroatoms. The highest BCUT2D eigenvalue weighted by molar-refractivity contribution is 9.10. The largest absolute Gasteiger partial charge is 0.388 e. The molecule has 0 aliphatic heterocycles. The molecule has 0 fully saturated rings. The van der Waals surface area contributed by atoms with Crippen molar-refractivity contribution in [2.24, 2.45) is 7.05 Å². The van der Waals surface area contributed by atoms with Crippen molar-refractivity contribution in [3.05, 3.63) is 52.0 Å². The highest BCUT2D eigenvalue weighted by atomic mass is 79.9. The van der Waals surface area contributed by atoms with Crippen LogP contribution in [0.15, 0.2) is 35.1 Å². The smallest absolute Gasteiger partial charge is 0.137 e.